The number of H-pyrrole nitrogens is 1. The van der Waals surface area contributed by atoms with Crippen LogP contribution in [0.4, 0.5) is 0 Å². The summed E-state index contributed by atoms with van der Waals surface area (Å²) in [6.07, 6.45) is 3.47. The Morgan fingerprint density at radius 2 is 2.05 bits per heavy atom. The van der Waals surface area contributed by atoms with Gasteiger partial charge in [0, 0.05) is 19.1 Å². The fraction of sp³-hybridized carbons (Fsp3) is 0.467. The molecule has 2 aromatic rings. The number of hydrogen-bond donors (Lipinski definition) is 2. The maximum absolute atomic E-state index is 12.2. The van der Waals surface area contributed by atoms with Crippen LogP contribution in [0.15, 0.2) is 23.0 Å². The van der Waals surface area contributed by atoms with Crippen molar-refractivity contribution in [1.29, 1.82) is 0 Å². The van der Waals surface area contributed by atoms with Crippen LogP contribution in [0, 0.1) is 0 Å². The van der Waals surface area contributed by atoms with Crippen LogP contribution >= 0.6 is 0 Å². The molecule has 6 heteroatoms. The number of hydrogen-bond acceptors (Lipinski definition) is 3. The van der Waals surface area contributed by atoms with Crippen molar-refractivity contribution in [3.63, 3.8) is 0 Å². The van der Waals surface area contributed by atoms with Crippen LogP contribution < -0.4 is 5.69 Å². The summed E-state index contributed by atoms with van der Waals surface area (Å²) in [5.74, 6) is -0.969. The maximum atomic E-state index is 12.2. The minimum Gasteiger partial charge on any atom is -0.478 e. The molecule has 1 saturated heterocycles. The second-order valence-corrected chi connectivity index (χ2v) is 6.01. The molecule has 2 heterocycles. The van der Waals surface area contributed by atoms with Crippen LogP contribution in [0.25, 0.3) is 11.0 Å². The van der Waals surface area contributed by atoms with Crippen LogP contribution in [0.5, 0.6) is 0 Å². The molecule has 6 nitrogen and oxygen atoms in total. The number of fused-ring (bicyclic) bond motifs is 1. The topological polar surface area (TPSA) is 78.3 Å². The SMILES string of the molecule is O=C(O)c1ccc2[nH]c(=O)n(C3CCN(C4CC4)C3)c2c1. The lowest BCUT2D eigenvalue weighted by atomic mass is 10.2. The fourth-order valence-electron chi connectivity index (χ4n) is 3.37. The molecule has 1 aliphatic carbocycles. The lowest BCUT2D eigenvalue weighted by Gasteiger charge is -2.15. The van der Waals surface area contributed by atoms with Gasteiger partial charge in [-0.2, -0.15) is 0 Å². The summed E-state index contributed by atoms with van der Waals surface area (Å²) in [6, 6.07) is 5.62. The highest BCUT2D eigenvalue weighted by molar-refractivity contribution is 5.92. The molecule has 0 amide bonds. The van der Waals surface area contributed by atoms with E-state index in [0.717, 1.165) is 19.5 Å². The van der Waals surface area contributed by atoms with Crippen LogP contribution in [0.1, 0.15) is 35.7 Å². The summed E-state index contributed by atoms with van der Waals surface area (Å²) in [4.78, 5) is 28.6. The number of nitrogens with zero attached hydrogens (tertiary/aromatic N) is 2. The van der Waals surface area contributed by atoms with Crippen LogP contribution in [0.3, 0.4) is 0 Å². The van der Waals surface area contributed by atoms with E-state index in [1.807, 2.05) is 0 Å². The van der Waals surface area contributed by atoms with Gasteiger partial charge in [-0.05, 0) is 37.5 Å². The number of nitrogens with one attached hydrogen (secondary N) is 1. The molecular weight excluding hydrogens is 270 g/mol. The molecular formula is C15H17N3O3. The molecule has 1 saturated carbocycles. The predicted molar refractivity (Wildman–Crippen MR) is 77.8 cm³/mol. The van der Waals surface area contributed by atoms with Crippen molar-refractivity contribution in [2.24, 2.45) is 0 Å². The van der Waals surface area contributed by atoms with Gasteiger partial charge in [0.1, 0.15) is 0 Å². The normalized spacial score (nSPS) is 23.0. The number of rotatable bonds is 3. The van der Waals surface area contributed by atoms with E-state index < -0.39 is 5.97 Å². The quantitative estimate of drug-likeness (QED) is 0.895. The number of imidazole rings is 1. The van der Waals surface area contributed by atoms with E-state index in [-0.39, 0.29) is 17.3 Å². The highest BCUT2D eigenvalue weighted by Gasteiger charge is 2.35. The van der Waals surface area contributed by atoms with E-state index in [1.54, 1.807) is 16.7 Å². The zero-order valence-corrected chi connectivity index (χ0v) is 11.6. The highest BCUT2D eigenvalue weighted by atomic mass is 16.4. The monoisotopic (exact) mass is 287 g/mol. The molecule has 1 atom stereocenters. The van der Waals surface area contributed by atoms with Crippen LogP contribution in [0.2, 0.25) is 0 Å². The lowest BCUT2D eigenvalue weighted by Crippen LogP contribution is -2.27. The Labute approximate surface area is 121 Å². The first kappa shape index (κ1) is 12.6. The van der Waals surface area contributed by atoms with E-state index in [2.05, 4.69) is 9.88 Å². The van der Waals surface area contributed by atoms with Crippen LogP contribution in [-0.2, 0) is 0 Å². The molecule has 1 aliphatic heterocycles. The molecule has 21 heavy (non-hydrogen) atoms. The van der Waals surface area contributed by atoms with Crippen molar-refractivity contribution < 1.29 is 9.90 Å². The van der Waals surface area contributed by atoms with E-state index in [1.165, 1.54) is 18.9 Å². The maximum Gasteiger partial charge on any atom is 0.335 e. The van der Waals surface area contributed by atoms with Crippen molar-refractivity contribution in [2.45, 2.75) is 31.3 Å². The summed E-state index contributed by atoms with van der Waals surface area (Å²) in [5.41, 5.74) is 1.47. The van der Waals surface area contributed by atoms with Gasteiger partial charge in [0.15, 0.2) is 0 Å². The van der Waals surface area contributed by atoms with E-state index in [4.69, 9.17) is 5.11 Å². The van der Waals surface area contributed by atoms with Gasteiger partial charge in [-0.3, -0.25) is 9.47 Å². The van der Waals surface area contributed by atoms with Gasteiger partial charge >= 0.3 is 11.7 Å². The second kappa shape index (κ2) is 4.46. The summed E-state index contributed by atoms with van der Waals surface area (Å²) >= 11 is 0. The van der Waals surface area contributed by atoms with Crippen molar-refractivity contribution in [1.82, 2.24) is 14.5 Å². The molecule has 2 aliphatic rings. The third-order valence-electron chi connectivity index (χ3n) is 4.59. The summed E-state index contributed by atoms with van der Waals surface area (Å²) in [6.45, 7) is 1.90. The number of likely N-dealkylation sites (tertiary alicyclic amines) is 1. The highest BCUT2D eigenvalue weighted by Crippen LogP contribution is 2.33. The van der Waals surface area contributed by atoms with Crippen molar-refractivity contribution in [3.8, 4) is 0 Å². The zero-order chi connectivity index (χ0) is 14.6. The first-order valence-electron chi connectivity index (χ1n) is 7.35. The number of carbonyl (C=O) groups is 1. The van der Waals surface area contributed by atoms with E-state index in [0.29, 0.717) is 17.1 Å². The Morgan fingerprint density at radius 3 is 2.76 bits per heavy atom. The van der Waals surface area contributed by atoms with Gasteiger partial charge in [-0.1, -0.05) is 0 Å². The molecule has 1 aromatic heterocycles. The number of aromatic nitrogens is 2. The number of carboxylic acid groups (broad SMARTS) is 1. The smallest absolute Gasteiger partial charge is 0.335 e. The van der Waals surface area contributed by atoms with E-state index in [9.17, 15) is 9.59 Å². The van der Waals surface area contributed by atoms with Gasteiger partial charge in [-0.15, -0.1) is 0 Å². The molecule has 2 fully saturated rings. The molecule has 110 valence electrons. The van der Waals surface area contributed by atoms with Crippen molar-refractivity contribution >= 4 is 17.0 Å². The van der Waals surface area contributed by atoms with Crippen molar-refractivity contribution in [3.05, 3.63) is 34.2 Å². The number of aromatic carboxylic acids is 1. The first-order valence-corrected chi connectivity index (χ1v) is 7.35. The first-order chi connectivity index (χ1) is 10.1. The lowest BCUT2D eigenvalue weighted by molar-refractivity contribution is 0.0697. The average molecular weight is 287 g/mol. The standard InChI is InChI=1S/C15H17N3O3/c19-14(20)9-1-4-12-13(7-9)18(15(21)16-12)11-5-6-17(8-11)10-2-3-10/h1,4,7,10-11H,2-3,5-6,8H2,(H,16,21)(H,19,20). The third kappa shape index (κ3) is 2.06. The largest absolute Gasteiger partial charge is 0.478 e. The van der Waals surface area contributed by atoms with Gasteiger partial charge < -0.3 is 10.1 Å². The molecule has 1 aromatic carbocycles. The Hall–Kier alpha value is -2.08. The Kier molecular flexibility index (Phi) is 2.68. The third-order valence-corrected chi connectivity index (χ3v) is 4.59. The van der Waals surface area contributed by atoms with Crippen molar-refractivity contribution in [2.75, 3.05) is 13.1 Å². The molecule has 2 N–H and O–H groups in total. The minimum absolute atomic E-state index is 0.135. The number of benzene rings is 1. The van der Waals surface area contributed by atoms with Gasteiger partial charge in [0.05, 0.1) is 22.6 Å². The molecule has 4 rings (SSSR count). The Bertz CT molecular complexity index is 772. The molecule has 0 spiro atoms. The zero-order valence-electron chi connectivity index (χ0n) is 11.6. The molecule has 0 bridgehead atoms. The van der Waals surface area contributed by atoms with Gasteiger partial charge in [-0.25, -0.2) is 9.59 Å². The van der Waals surface area contributed by atoms with Crippen LogP contribution in [-0.4, -0.2) is 44.7 Å². The predicted octanol–water partition coefficient (Wildman–Crippen LogP) is 1.44. The fourth-order valence-corrected chi connectivity index (χ4v) is 3.37. The Morgan fingerprint density at radius 1 is 1.24 bits per heavy atom. The second-order valence-electron chi connectivity index (χ2n) is 6.01. The van der Waals surface area contributed by atoms with E-state index >= 15 is 0 Å². The molecule has 1 unspecified atom stereocenters. The summed E-state index contributed by atoms with van der Waals surface area (Å²) < 4.78 is 1.74. The van der Waals surface area contributed by atoms with Gasteiger partial charge in [0.2, 0.25) is 0 Å². The Balaban J connectivity index is 1.76. The number of aromatic amines is 1. The summed E-state index contributed by atoms with van der Waals surface area (Å²) in [5, 5.41) is 9.12. The minimum atomic E-state index is -0.969. The average Bonchev–Trinajstić information content (AvgIpc) is 3.10. The summed E-state index contributed by atoms with van der Waals surface area (Å²) in [7, 11) is 0. The number of carboxylic acids is 1. The molecule has 0 radical (unpaired) electrons. The van der Waals surface area contributed by atoms with Gasteiger partial charge in [0.25, 0.3) is 0 Å².